The van der Waals surface area contributed by atoms with Crippen molar-refractivity contribution >= 4 is 0 Å². The minimum Gasteiger partial charge on any atom is -0.311 e. The van der Waals surface area contributed by atoms with E-state index < -0.39 is 0 Å². The Morgan fingerprint density at radius 2 is 2.09 bits per heavy atom. The SMILES string of the molecule is CCCCC1CC(C)C(C)N1. The average Bonchev–Trinajstić information content (AvgIpc) is 2.28. The van der Waals surface area contributed by atoms with E-state index in [-0.39, 0.29) is 0 Å². The Morgan fingerprint density at radius 1 is 1.36 bits per heavy atom. The van der Waals surface area contributed by atoms with Crippen LogP contribution in [-0.4, -0.2) is 12.1 Å². The van der Waals surface area contributed by atoms with Gasteiger partial charge in [0.25, 0.3) is 0 Å². The fourth-order valence-corrected chi connectivity index (χ4v) is 1.91. The fraction of sp³-hybridized carbons (Fsp3) is 1.00. The van der Waals surface area contributed by atoms with Gasteiger partial charge in [-0.25, -0.2) is 0 Å². The Bertz CT molecular complexity index is 101. The van der Waals surface area contributed by atoms with Crippen molar-refractivity contribution in [2.24, 2.45) is 5.92 Å². The van der Waals surface area contributed by atoms with Crippen LogP contribution >= 0.6 is 0 Å². The number of nitrogens with one attached hydrogen (secondary N) is 1. The van der Waals surface area contributed by atoms with Crippen LogP contribution in [0.2, 0.25) is 0 Å². The van der Waals surface area contributed by atoms with Crippen molar-refractivity contribution in [3.63, 3.8) is 0 Å². The molecular weight excluding hydrogens is 134 g/mol. The molecule has 1 N–H and O–H groups in total. The topological polar surface area (TPSA) is 12.0 Å². The van der Waals surface area contributed by atoms with Crippen LogP contribution in [0.15, 0.2) is 0 Å². The molecule has 1 fully saturated rings. The molecule has 3 atom stereocenters. The molecule has 0 aromatic heterocycles. The predicted molar refractivity (Wildman–Crippen MR) is 49.7 cm³/mol. The third-order valence-electron chi connectivity index (χ3n) is 2.91. The van der Waals surface area contributed by atoms with Crippen LogP contribution in [0.5, 0.6) is 0 Å². The molecule has 3 unspecified atom stereocenters. The van der Waals surface area contributed by atoms with Gasteiger partial charge in [0.2, 0.25) is 0 Å². The molecule has 1 heteroatoms. The summed E-state index contributed by atoms with van der Waals surface area (Å²) in [5, 5.41) is 3.64. The highest BCUT2D eigenvalue weighted by atomic mass is 15.0. The number of hydrogen-bond acceptors (Lipinski definition) is 1. The smallest absolute Gasteiger partial charge is 0.00727 e. The third kappa shape index (κ3) is 2.48. The van der Waals surface area contributed by atoms with Gasteiger partial charge in [-0.3, -0.25) is 0 Å². The van der Waals surface area contributed by atoms with Gasteiger partial charge in [0.1, 0.15) is 0 Å². The van der Waals surface area contributed by atoms with Crippen molar-refractivity contribution in [2.45, 2.75) is 58.5 Å². The van der Waals surface area contributed by atoms with E-state index in [1.807, 2.05) is 0 Å². The van der Waals surface area contributed by atoms with Crippen molar-refractivity contribution in [1.29, 1.82) is 0 Å². The van der Waals surface area contributed by atoms with Gasteiger partial charge in [0.05, 0.1) is 0 Å². The van der Waals surface area contributed by atoms with E-state index in [0.29, 0.717) is 0 Å². The van der Waals surface area contributed by atoms with E-state index in [1.54, 1.807) is 0 Å². The molecule has 0 aliphatic carbocycles. The molecule has 11 heavy (non-hydrogen) atoms. The summed E-state index contributed by atoms with van der Waals surface area (Å²) in [5.74, 6) is 0.886. The van der Waals surface area contributed by atoms with Crippen LogP contribution in [0.3, 0.4) is 0 Å². The molecule has 1 rings (SSSR count). The van der Waals surface area contributed by atoms with E-state index in [1.165, 1.54) is 25.7 Å². The summed E-state index contributed by atoms with van der Waals surface area (Å²) in [6.45, 7) is 6.92. The highest BCUT2D eigenvalue weighted by Gasteiger charge is 2.25. The zero-order chi connectivity index (χ0) is 8.27. The van der Waals surface area contributed by atoms with Crippen LogP contribution in [0.1, 0.15) is 46.5 Å². The lowest BCUT2D eigenvalue weighted by atomic mass is 10.0. The Morgan fingerprint density at radius 3 is 2.55 bits per heavy atom. The number of hydrogen-bond donors (Lipinski definition) is 1. The van der Waals surface area contributed by atoms with Gasteiger partial charge < -0.3 is 5.32 Å². The van der Waals surface area contributed by atoms with Crippen LogP contribution < -0.4 is 5.32 Å². The molecule has 1 heterocycles. The molecule has 0 bridgehead atoms. The molecule has 0 aromatic rings. The van der Waals surface area contributed by atoms with E-state index in [2.05, 4.69) is 26.1 Å². The molecule has 0 saturated carbocycles. The first kappa shape index (κ1) is 9.05. The second-order valence-corrected chi connectivity index (χ2v) is 4.01. The van der Waals surface area contributed by atoms with Crippen molar-refractivity contribution in [1.82, 2.24) is 5.32 Å². The summed E-state index contributed by atoms with van der Waals surface area (Å²) in [6.07, 6.45) is 5.49. The Balaban J connectivity index is 2.18. The van der Waals surface area contributed by atoms with E-state index in [0.717, 1.165) is 18.0 Å². The average molecular weight is 155 g/mol. The lowest BCUT2D eigenvalue weighted by molar-refractivity contribution is 0.503. The summed E-state index contributed by atoms with van der Waals surface area (Å²) < 4.78 is 0. The van der Waals surface area contributed by atoms with Crippen LogP contribution in [-0.2, 0) is 0 Å². The summed E-state index contributed by atoms with van der Waals surface area (Å²) in [7, 11) is 0. The summed E-state index contributed by atoms with van der Waals surface area (Å²) in [5.41, 5.74) is 0. The zero-order valence-corrected chi connectivity index (χ0v) is 8.06. The van der Waals surface area contributed by atoms with E-state index >= 15 is 0 Å². The maximum Gasteiger partial charge on any atom is 0.00727 e. The highest BCUT2D eigenvalue weighted by molar-refractivity contribution is 4.85. The van der Waals surface area contributed by atoms with Gasteiger partial charge in [0, 0.05) is 12.1 Å². The predicted octanol–water partition coefficient (Wildman–Crippen LogP) is 2.56. The molecule has 0 amide bonds. The van der Waals surface area contributed by atoms with E-state index in [9.17, 15) is 0 Å². The van der Waals surface area contributed by atoms with Gasteiger partial charge in [-0.05, 0) is 25.7 Å². The Hall–Kier alpha value is -0.0400. The molecule has 66 valence electrons. The summed E-state index contributed by atoms with van der Waals surface area (Å²) in [4.78, 5) is 0. The van der Waals surface area contributed by atoms with Crippen molar-refractivity contribution in [3.8, 4) is 0 Å². The van der Waals surface area contributed by atoms with Crippen molar-refractivity contribution < 1.29 is 0 Å². The third-order valence-corrected chi connectivity index (χ3v) is 2.91. The van der Waals surface area contributed by atoms with E-state index in [4.69, 9.17) is 0 Å². The number of unbranched alkanes of at least 4 members (excludes halogenated alkanes) is 1. The zero-order valence-electron chi connectivity index (χ0n) is 8.06. The molecule has 1 nitrogen and oxygen atoms in total. The molecular formula is C10H21N. The lowest BCUT2D eigenvalue weighted by Gasteiger charge is -2.09. The second kappa shape index (κ2) is 4.10. The van der Waals surface area contributed by atoms with Crippen molar-refractivity contribution in [2.75, 3.05) is 0 Å². The van der Waals surface area contributed by atoms with Gasteiger partial charge in [-0.1, -0.05) is 26.7 Å². The highest BCUT2D eigenvalue weighted by Crippen LogP contribution is 2.22. The molecule has 1 saturated heterocycles. The number of rotatable bonds is 3. The second-order valence-electron chi connectivity index (χ2n) is 4.01. The first-order chi connectivity index (χ1) is 5.24. The fourth-order valence-electron chi connectivity index (χ4n) is 1.91. The normalized spacial score (nSPS) is 37.9. The van der Waals surface area contributed by atoms with Gasteiger partial charge in [-0.2, -0.15) is 0 Å². The first-order valence-electron chi connectivity index (χ1n) is 5.00. The Kier molecular flexibility index (Phi) is 3.38. The summed E-state index contributed by atoms with van der Waals surface area (Å²) >= 11 is 0. The quantitative estimate of drug-likeness (QED) is 0.660. The lowest BCUT2D eigenvalue weighted by Crippen LogP contribution is -2.28. The van der Waals surface area contributed by atoms with Gasteiger partial charge >= 0.3 is 0 Å². The molecule has 1 aliphatic rings. The molecule has 1 aliphatic heterocycles. The molecule has 0 spiro atoms. The summed E-state index contributed by atoms with van der Waals surface area (Å²) in [6, 6.07) is 1.57. The van der Waals surface area contributed by atoms with Crippen LogP contribution in [0.4, 0.5) is 0 Å². The maximum atomic E-state index is 3.64. The monoisotopic (exact) mass is 155 g/mol. The maximum absolute atomic E-state index is 3.64. The van der Waals surface area contributed by atoms with Gasteiger partial charge in [-0.15, -0.1) is 0 Å². The van der Waals surface area contributed by atoms with Crippen molar-refractivity contribution in [3.05, 3.63) is 0 Å². The largest absolute Gasteiger partial charge is 0.311 e. The standard InChI is InChI=1S/C10H21N/c1-4-5-6-10-7-8(2)9(3)11-10/h8-11H,4-7H2,1-3H3. The van der Waals surface area contributed by atoms with Crippen LogP contribution in [0.25, 0.3) is 0 Å². The minimum atomic E-state index is 0.747. The molecule has 0 radical (unpaired) electrons. The molecule has 0 aromatic carbocycles. The van der Waals surface area contributed by atoms with Crippen LogP contribution in [0, 0.1) is 5.92 Å². The Labute approximate surface area is 70.6 Å². The minimum absolute atomic E-state index is 0.747. The van der Waals surface area contributed by atoms with Gasteiger partial charge in [0.15, 0.2) is 0 Å². The first-order valence-corrected chi connectivity index (χ1v) is 5.00.